The maximum absolute atomic E-state index is 12.2. The zero-order valence-electron chi connectivity index (χ0n) is 10.6. The maximum atomic E-state index is 12.2. The first-order chi connectivity index (χ1) is 7.44. The number of rotatable bonds is 2. The number of Topliss-reactive ketones (excluding diaryl/α,β-unsaturated/α-hetero) is 1. The maximum Gasteiger partial charge on any atom is 0.167 e. The summed E-state index contributed by atoms with van der Waals surface area (Å²) in [6, 6.07) is 0. The molecular weight excluding hydrogens is 200 g/mol. The first kappa shape index (κ1) is 11.4. The third-order valence-electron chi connectivity index (χ3n) is 3.29. The van der Waals surface area contributed by atoms with Crippen LogP contribution >= 0.6 is 0 Å². The molecule has 2 rings (SSSR count). The smallest absolute Gasteiger partial charge is 0.167 e. The van der Waals surface area contributed by atoms with Crippen molar-refractivity contribution in [2.24, 2.45) is 12.5 Å². The van der Waals surface area contributed by atoms with E-state index in [0.29, 0.717) is 6.42 Å². The first-order valence-corrected chi connectivity index (χ1v) is 6.02. The van der Waals surface area contributed by atoms with Crippen molar-refractivity contribution >= 4 is 5.78 Å². The minimum Gasteiger partial charge on any atom is -0.294 e. The molecule has 0 bridgehead atoms. The largest absolute Gasteiger partial charge is 0.294 e. The summed E-state index contributed by atoms with van der Waals surface area (Å²) in [5, 5.41) is 4.49. The molecule has 88 valence electrons. The predicted molar refractivity (Wildman–Crippen MR) is 63.6 cm³/mol. The molecule has 0 aliphatic heterocycles. The molecule has 0 atom stereocenters. The van der Waals surface area contributed by atoms with Crippen LogP contribution in [0.5, 0.6) is 0 Å². The number of ketones is 1. The molecule has 0 fully saturated rings. The minimum absolute atomic E-state index is 0.0847. The van der Waals surface area contributed by atoms with Gasteiger partial charge in [0.1, 0.15) is 0 Å². The number of aryl methyl sites for hydroxylation is 2. The Kier molecular flexibility index (Phi) is 2.64. The van der Waals surface area contributed by atoms with Gasteiger partial charge >= 0.3 is 0 Å². The number of nitrogens with zero attached hydrogens (tertiary/aromatic N) is 2. The van der Waals surface area contributed by atoms with Crippen LogP contribution in [0.2, 0.25) is 0 Å². The monoisotopic (exact) mass is 220 g/mol. The molecular formula is C13H20N2O. The van der Waals surface area contributed by atoms with E-state index in [9.17, 15) is 4.79 Å². The highest BCUT2D eigenvalue weighted by Crippen LogP contribution is 2.35. The Hall–Kier alpha value is -1.12. The SMILES string of the molecule is CCCc1nn(C)c2c1C(=O)CC(C)(C)C2. The van der Waals surface area contributed by atoms with E-state index in [4.69, 9.17) is 0 Å². The van der Waals surface area contributed by atoms with Gasteiger partial charge in [-0.15, -0.1) is 0 Å². The van der Waals surface area contributed by atoms with Gasteiger partial charge in [-0.1, -0.05) is 27.2 Å². The Morgan fingerprint density at radius 2 is 2.06 bits per heavy atom. The molecule has 0 aromatic carbocycles. The number of carbonyl (C=O) groups excluding carboxylic acids is 1. The summed E-state index contributed by atoms with van der Waals surface area (Å²) < 4.78 is 1.90. The van der Waals surface area contributed by atoms with E-state index < -0.39 is 0 Å². The van der Waals surface area contributed by atoms with Crippen molar-refractivity contribution in [2.45, 2.75) is 46.5 Å². The fourth-order valence-electron chi connectivity index (χ4n) is 2.60. The first-order valence-electron chi connectivity index (χ1n) is 6.02. The molecule has 0 amide bonds. The lowest BCUT2D eigenvalue weighted by molar-refractivity contribution is 0.0909. The molecule has 0 unspecified atom stereocenters. The van der Waals surface area contributed by atoms with Gasteiger partial charge in [-0.3, -0.25) is 9.48 Å². The molecule has 0 N–H and O–H groups in total. The Bertz CT molecular complexity index is 429. The lowest BCUT2D eigenvalue weighted by Gasteiger charge is -2.28. The molecule has 3 heteroatoms. The number of carbonyl (C=O) groups is 1. The van der Waals surface area contributed by atoms with E-state index in [2.05, 4.69) is 25.9 Å². The predicted octanol–water partition coefficient (Wildman–Crippen LogP) is 2.53. The second kappa shape index (κ2) is 3.72. The van der Waals surface area contributed by atoms with Gasteiger partial charge in [-0.25, -0.2) is 0 Å². The van der Waals surface area contributed by atoms with Crippen molar-refractivity contribution < 1.29 is 4.79 Å². The van der Waals surface area contributed by atoms with Gasteiger partial charge in [0.15, 0.2) is 5.78 Å². The van der Waals surface area contributed by atoms with Crippen LogP contribution in [0.3, 0.4) is 0 Å². The molecule has 0 saturated carbocycles. The van der Waals surface area contributed by atoms with Crippen LogP contribution in [-0.4, -0.2) is 15.6 Å². The molecule has 0 spiro atoms. The zero-order chi connectivity index (χ0) is 11.9. The second-order valence-corrected chi connectivity index (χ2v) is 5.58. The van der Waals surface area contributed by atoms with Crippen molar-refractivity contribution in [3.05, 3.63) is 17.0 Å². The summed E-state index contributed by atoms with van der Waals surface area (Å²) in [5.74, 6) is 0.280. The number of fused-ring (bicyclic) bond motifs is 1. The minimum atomic E-state index is 0.0847. The van der Waals surface area contributed by atoms with E-state index in [0.717, 1.165) is 36.2 Å². The average molecular weight is 220 g/mol. The van der Waals surface area contributed by atoms with Crippen LogP contribution in [0, 0.1) is 5.41 Å². The van der Waals surface area contributed by atoms with Crippen molar-refractivity contribution in [3.63, 3.8) is 0 Å². The normalized spacial score (nSPS) is 18.6. The molecule has 1 aliphatic rings. The molecule has 1 aromatic heterocycles. The Balaban J connectivity index is 2.49. The van der Waals surface area contributed by atoms with Gasteiger partial charge in [-0.2, -0.15) is 5.10 Å². The van der Waals surface area contributed by atoms with Gasteiger partial charge in [0, 0.05) is 19.2 Å². The van der Waals surface area contributed by atoms with Crippen LogP contribution in [0.4, 0.5) is 0 Å². The summed E-state index contributed by atoms with van der Waals surface area (Å²) in [4.78, 5) is 12.2. The van der Waals surface area contributed by atoms with Gasteiger partial charge < -0.3 is 0 Å². The van der Waals surface area contributed by atoms with Crippen LogP contribution in [0.1, 0.15) is 55.4 Å². The molecule has 1 aromatic rings. The lowest BCUT2D eigenvalue weighted by Crippen LogP contribution is -2.28. The van der Waals surface area contributed by atoms with Crippen LogP contribution < -0.4 is 0 Å². The van der Waals surface area contributed by atoms with Gasteiger partial charge in [0.25, 0.3) is 0 Å². The van der Waals surface area contributed by atoms with Crippen molar-refractivity contribution in [1.29, 1.82) is 0 Å². The lowest BCUT2D eigenvalue weighted by atomic mass is 9.75. The van der Waals surface area contributed by atoms with Crippen molar-refractivity contribution in [3.8, 4) is 0 Å². The second-order valence-electron chi connectivity index (χ2n) is 5.58. The summed E-state index contributed by atoms with van der Waals surface area (Å²) in [6.45, 7) is 6.43. The third-order valence-corrected chi connectivity index (χ3v) is 3.29. The summed E-state index contributed by atoms with van der Waals surface area (Å²) in [6.07, 6.45) is 3.57. The van der Waals surface area contributed by atoms with E-state index in [1.807, 2.05) is 11.7 Å². The number of aromatic nitrogens is 2. The van der Waals surface area contributed by atoms with Crippen LogP contribution in [0.25, 0.3) is 0 Å². The Labute approximate surface area is 96.8 Å². The van der Waals surface area contributed by atoms with Crippen molar-refractivity contribution in [2.75, 3.05) is 0 Å². The average Bonchev–Trinajstić information content (AvgIpc) is 2.42. The van der Waals surface area contributed by atoms with Gasteiger partial charge in [0.2, 0.25) is 0 Å². The van der Waals surface area contributed by atoms with Crippen LogP contribution in [-0.2, 0) is 19.9 Å². The molecule has 3 nitrogen and oxygen atoms in total. The highest BCUT2D eigenvalue weighted by Gasteiger charge is 2.35. The number of hydrogen-bond acceptors (Lipinski definition) is 2. The molecule has 1 aliphatic carbocycles. The third kappa shape index (κ3) is 1.79. The van der Waals surface area contributed by atoms with Crippen molar-refractivity contribution in [1.82, 2.24) is 9.78 Å². The molecule has 0 saturated heterocycles. The highest BCUT2D eigenvalue weighted by molar-refractivity contribution is 5.99. The topological polar surface area (TPSA) is 34.9 Å². The molecule has 1 heterocycles. The zero-order valence-corrected chi connectivity index (χ0v) is 10.6. The number of hydrogen-bond donors (Lipinski definition) is 0. The highest BCUT2D eigenvalue weighted by atomic mass is 16.1. The summed E-state index contributed by atoms with van der Waals surface area (Å²) in [5.41, 5.74) is 3.13. The fourth-order valence-corrected chi connectivity index (χ4v) is 2.60. The fraction of sp³-hybridized carbons (Fsp3) is 0.692. The Morgan fingerprint density at radius 1 is 1.38 bits per heavy atom. The Morgan fingerprint density at radius 3 is 2.69 bits per heavy atom. The van der Waals surface area contributed by atoms with E-state index >= 15 is 0 Å². The van der Waals surface area contributed by atoms with Gasteiger partial charge in [0.05, 0.1) is 11.3 Å². The summed E-state index contributed by atoms with van der Waals surface area (Å²) >= 11 is 0. The van der Waals surface area contributed by atoms with E-state index in [1.165, 1.54) is 0 Å². The van der Waals surface area contributed by atoms with Crippen LogP contribution in [0.15, 0.2) is 0 Å². The molecule has 16 heavy (non-hydrogen) atoms. The van der Waals surface area contributed by atoms with E-state index in [-0.39, 0.29) is 11.2 Å². The van der Waals surface area contributed by atoms with Gasteiger partial charge in [-0.05, 0) is 18.3 Å². The quantitative estimate of drug-likeness (QED) is 0.767. The molecule has 0 radical (unpaired) electrons. The van der Waals surface area contributed by atoms with E-state index in [1.54, 1.807) is 0 Å². The summed E-state index contributed by atoms with van der Waals surface area (Å²) in [7, 11) is 1.95. The standard InChI is InChI=1S/C13H20N2O/c1-5-6-9-12-10(15(4)14-9)7-13(2,3)8-11(12)16/h5-8H2,1-4H3.